The van der Waals surface area contributed by atoms with E-state index in [0.29, 0.717) is 6.42 Å². The molecule has 19 heavy (non-hydrogen) atoms. The predicted octanol–water partition coefficient (Wildman–Crippen LogP) is 2.66. The average Bonchev–Trinajstić information content (AvgIpc) is 2.34. The molecule has 1 N–H and O–H groups in total. The van der Waals surface area contributed by atoms with Crippen LogP contribution in [0.4, 0.5) is 0 Å². The number of carboxylic acids is 1. The zero-order chi connectivity index (χ0) is 14.6. The number of aromatic carboxylic acids is 1. The highest BCUT2D eigenvalue weighted by Gasteiger charge is 2.19. The van der Waals surface area contributed by atoms with E-state index in [1.165, 1.54) is 12.1 Å². The van der Waals surface area contributed by atoms with Gasteiger partial charge in [0.05, 0.1) is 5.56 Å². The second kappa shape index (κ2) is 6.08. The molecule has 0 radical (unpaired) electrons. The molecule has 0 heterocycles. The van der Waals surface area contributed by atoms with Gasteiger partial charge in [-0.3, -0.25) is 0 Å². The van der Waals surface area contributed by atoms with Crippen LogP contribution in [0, 0.1) is 0 Å². The van der Waals surface area contributed by atoms with Gasteiger partial charge in [-0.1, -0.05) is 13.5 Å². The van der Waals surface area contributed by atoms with E-state index in [9.17, 15) is 13.2 Å². The van der Waals surface area contributed by atoms with Gasteiger partial charge < -0.3 is 9.84 Å². The van der Waals surface area contributed by atoms with Gasteiger partial charge in [0.2, 0.25) is 0 Å². The molecule has 104 valence electrons. The summed E-state index contributed by atoms with van der Waals surface area (Å²) in [5, 5.41) is 8.83. The topological polar surface area (TPSA) is 80.7 Å². The van der Waals surface area contributed by atoms with E-state index >= 15 is 0 Å². The Hall–Kier alpha value is -1.53. The zero-order valence-corrected chi connectivity index (χ0v) is 11.8. The minimum atomic E-state index is -4.09. The molecule has 0 unspecified atom stereocenters. The molecule has 1 aromatic carbocycles. The van der Waals surface area contributed by atoms with Crippen molar-refractivity contribution < 1.29 is 23.1 Å². The van der Waals surface area contributed by atoms with Crippen molar-refractivity contribution in [2.75, 3.05) is 6.61 Å². The van der Waals surface area contributed by atoms with Gasteiger partial charge in [-0.05, 0) is 30.2 Å². The van der Waals surface area contributed by atoms with E-state index in [4.69, 9.17) is 20.5 Å². The van der Waals surface area contributed by atoms with Gasteiger partial charge in [-0.2, -0.15) is 0 Å². The number of rotatable bonds is 6. The monoisotopic (exact) mass is 304 g/mol. The lowest BCUT2D eigenvalue weighted by Gasteiger charge is -2.11. The Kier molecular flexibility index (Phi) is 4.97. The normalized spacial score (nSPS) is 11.1. The summed E-state index contributed by atoms with van der Waals surface area (Å²) in [5.41, 5.74) is 0.598. The largest absolute Gasteiger partial charge is 0.488 e. The van der Waals surface area contributed by atoms with Crippen molar-refractivity contribution in [2.45, 2.75) is 18.2 Å². The van der Waals surface area contributed by atoms with Crippen LogP contribution in [-0.4, -0.2) is 26.1 Å². The van der Waals surface area contributed by atoms with Crippen molar-refractivity contribution in [1.29, 1.82) is 0 Å². The molecule has 0 saturated heterocycles. The molecule has 7 heteroatoms. The summed E-state index contributed by atoms with van der Waals surface area (Å²) in [4.78, 5) is 10.4. The molecule has 0 bridgehead atoms. The summed E-state index contributed by atoms with van der Waals surface area (Å²) in [6, 6.07) is 3.48. The third kappa shape index (κ3) is 4.25. The lowest BCUT2D eigenvalue weighted by molar-refractivity contribution is 0.0696. The van der Waals surface area contributed by atoms with Gasteiger partial charge in [0.1, 0.15) is 17.3 Å². The first kappa shape index (κ1) is 15.5. The maximum atomic E-state index is 11.4. The van der Waals surface area contributed by atoms with Crippen molar-refractivity contribution in [2.24, 2.45) is 0 Å². The van der Waals surface area contributed by atoms with E-state index < -0.39 is 15.0 Å². The summed E-state index contributed by atoms with van der Waals surface area (Å²) in [6.07, 6.45) is 0.691. The summed E-state index contributed by atoms with van der Waals surface area (Å²) in [5.74, 6) is -1.24. The molecule has 0 fully saturated rings. The molecule has 0 aliphatic rings. The Balaban J connectivity index is 3.17. The SMILES string of the molecule is C=C(CC)COc1ccc(C(=O)O)cc1S(=O)(=O)Cl. The third-order valence-corrected chi connectivity index (χ3v) is 3.73. The van der Waals surface area contributed by atoms with Gasteiger partial charge in [-0.25, -0.2) is 13.2 Å². The van der Waals surface area contributed by atoms with Crippen LogP contribution in [0.1, 0.15) is 23.7 Å². The Labute approximate surface area is 115 Å². The van der Waals surface area contributed by atoms with Crippen LogP contribution in [0.15, 0.2) is 35.2 Å². The predicted molar refractivity (Wildman–Crippen MR) is 71.4 cm³/mol. The van der Waals surface area contributed by atoms with E-state index in [2.05, 4.69) is 6.58 Å². The van der Waals surface area contributed by atoms with Crippen LogP contribution in [0.2, 0.25) is 0 Å². The average molecular weight is 305 g/mol. The van der Waals surface area contributed by atoms with Gasteiger partial charge >= 0.3 is 5.97 Å². The molecule has 0 aromatic heterocycles. The van der Waals surface area contributed by atoms with Crippen LogP contribution >= 0.6 is 10.7 Å². The molecule has 0 amide bonds. The quantitative estimate of drug-likeness (QED) is 0.645. The highest BCUT2D eigenvalue weighted by molar-refractivity contribution is 8.13. The zero-order valence-electron chi connectivity index (χ0n) is 10.2. The van der Waals surface area contributed by atoms with Crippen molar-refractivity contribution >= 4 is 25.7 Å². The smallest absolute Gasteiger partial charge is 0.335 e. The fraction of sp³-hybridized carbons (Fsp3) is 0.250. The maximum absolute atomic E-state index is 11.4. The highest BCUT2D eigenvalue weighted by Crippen LogP contribution is 2.28. The first-order valence-corrected chi connectivity index (χ1v) is 7.68. The van der Waals surface area contributed by atoms with E-state index in [-0.39, 0.29) is 22.8 Å². The number of halogens is 1. The Morgan fingerprint density at radius 1 is 1.47 bits per heavy atom. The summed E-state index contributed by atoms with van der Waals surface area (Å²) in [6.45, 7) is 5.75. The molecule has 0 saturated carbocycles. The van der Waals surface area contributed by atoms with Crippen molar-refractivity contribution in [3.63, 3.8) is 0 Å². The molecule has 1 aromatic rings. The fourth-order valence-electron chi connectivity index (χ4n) is 1.23. The van der Waals surface area contributed by atoms with Crippen LogP contribution in [-0.2, 0) is 9.05 Å². The lowest BCUT2D eigenvalue weighted by Crippen LogP contribution is -2.06. The van der Waals surface area contributed by atoms with Gasteiger partial charge in [0.25, 0.3) is 9.05 Å². The fourth-order valence-corrected chi connectivity index (χ4v) is 2.23. The number of carboxylic acid groups (broad SMARTS) is 1. The Morgan fingerprint density at radius 2 is 2.11 bits per heavy atom. The maximum Gasteiger partial charge on any atom is 0.335 e. The van der Waals surface area contributed by atoms with Crippen LogP contribution in [0.25, 0.3) is 0 Å². The van der Waals surface area contributed by atoms with E-state index in [0.717, 1.165) is 11.6 Å². The minimum Gasteiger partial charge on any atom is -0.488 e. The molecule has 5 nitrogen and oxygen atoms in total. The molecule has 1 rings (SSSR count). The third-order valence-electron chi connectivity index (χ3n) is 2.39. The van der Waals surface area contributed by atoms with Crippen molar-refractivity contribution in [3.8, 4) is 5.75 Å². The number of hydrogen-bond donors (Lipinski definition) is 1. The lowest BCUT2D eigenvalue weighted by atomic mass is 10.2. The molecule has 0 spiro atoms. The summed E-state index contributed by atoms with van der Waals surface area (Å²) >= 11 is 0. The van der Waals surface area contributed by atoms with Crippen LogP contribution in [0.5, 0.6) is 5.75 Å². The number of hydrogen-bond acceptors (Lipinski definition) is 4. The standard InChI is InChI=1S/C12H13ClO5S/c1-3-8(2)7-18-10-5-4-9(12(14)15)6-11(10)19(13,16)17/h4-6H,2-3,7H2,1H3,(H,14,15). The second-order valence-electron chi connectivity index (χ2n) is 3.80. The highest BCUT2D eigenvalue weighted by atomic mass is 35.7. The number of benzene rings is 1. The van der Waals surface area contributed by atoms with E-state index in [1.807, 2.05) is 6.92 Å². The summed E-state index contributed by atoms with van der Waals surface area (Å²) in [7, 11) is 1.18. The minimum absolute atomic E-state index is 0.00889. The van der Waals surface area contributed by atoms with Crippen molar-refractivity contribution in [1.82, 2.24) is 0 Å². The first-order chi connectivity index (χ1) is 8.75. The van der Waals surface area contributed by atoms with Gasteiger partial charge in [-0.15, -0.1) is 0 Å². The van der Waals surface area contributed by atoms with Gasteiger partial charge in [0, 0.05) is 10.7 Å². The Morgan fingerprint density at radius 3 is 2.58 bits per heavy atom. The molecule has 0 atom stereocenters. The van der Waals surface area contributed by atoms with E-state index in [1.54, 1.807) is 0 Å². The van der Waals surface area contributed by atoms with Crippen LogP contribution < -0.4 is 4.74 Å². The van der Waals surface area contributed by atoms with Gasteiger partial charge in [0.15, 0.2) is 0 Å². The molecule has 0 aliphatic carbocycles. The van der Waals surface area contributed by atoms with Crippen LogP contribution in [0.3, 0.4) is 0 Å². The molecule has 0 aliphatic heterocycles. The summed E-state index contributed by atoms with van der Waals surface area (Å²) < 4.78 is 28.1. The number of carbonyl (C=O) groups is 1. The first-order valence-electron chi connectivity index (χ1n) is 5.37. The second-order valence-corrected chi connectivity index (χ2v) is 6.33. The molecular weight excluding hydrogens is 292 g/mol. The number of ether oxygens (including phenoxy) is 1. The van der Waals surface area contributed by atoms with Crippen molar-refractivity contribution in [3.05, 3.63) is 35.9 Å². The molecular formula is C12H13ClO5S. The Bertz CT molecular complexity index is 607.